The van der Waals surface area contributed by atoms with Crippen LogP contribution in [0.5, 0.6) is 0 Å². The number of methoxy groups -OCH3 is 1. The maximum atomic E-state index is 5.16. The predicted octanol–water partition coefficient (Wildman–Crippen LogP) is 2.12. The molecule has 6 nitrogen and oxygen atoms in total. The molecule has 142 valence electrons. The number of ether oxygens (including phenoxy) is 1. The third kappa shape index (κ3) is 6.92. The highest BCUT2D eigenvalue weighted by atomic mass is 32.1. The van der Waals surface area contributed by atoms with Gasteiger partial charge in [0.25, 0.3) is 0 Å². The molecule has 0 amide bonds. The van der Waals surface area contributed by atoms with Crippen LogP contribution in [-0.2, 0) is 17.7 Å². The first-order chi connectivity index (χ1) is 12.1. The van der Waals surface area contributed by atoms with Gasteiger partial charge in [-0.3, -0.25) is 9.89 Å². The topological polar surface area (TPSA) is 61.8 Å². The van der Waals surface area contributed by atoms with Gasteiger partial charge in [0.2, 0.25) is 0 Å². The summed E-state index contributed by atoms with van der Waals surface area (Å²) in [7, 11) is 3.53. The lowest BCUT2D eigenvalue weighted by atomic mass is 9.97. The van der Waals surface area contributed by atoms with E-state index in [9.17, 15) is 0 Å². The van der Waals surface area contributed by atoms with E-state index in [0.717, 1.165) is 38.6 Å². The average molecular weight is 368 g/mol. The number of nitrogens with one attached hydrogen (secondary N) is 2. The first-order valence-corrected chi connectivity index (χ1v) is 10.1. The van der Waals surface area contributed by atoms with Gasteiger partial charge in [-0.2, -0.15) is 0 Å². The molecule has 1 unspecified atom stereocenters. The van der Waals surface area contributed by atoms with Crippen LogP contribution in [0, 0.1) is 5.92 Å². The maximum Gasteiger partial charge on any atom is 0.191 e. The van der Waals surface area contributed by atoms with E-state index in [-0.39, 0.29) is 6.04 Å². The number of aromatic nitrogens is 1. The smallest absolute Gasteiger partial charge is 0.191 e. The van der Waals surface area contributed by atoms with Crippen LogP contribution in [0.3, 0.4) is 0 Å². The quantitative estimate of drug-likeness (QED) is 0.544. The monoisotopic (exact) mass is 367 g/mol. The molecule has 1 atom stereocenters. The summed E-state index contributed by atoms with van der Waals surface area (Å²) in [5.41, 5.74) is 1.23. The number of piperidine rings is 1. The first kappa shape index (κ1) is 20.1. The molecule has 0 radical (unpaired) electrons. The van der Waals surface area contributed by atoms with E-state index in [2.05, 4.69) is 44.7 Å². The van der Waals surface area contributed by atoms with E-state index in [1.807, 2.05) is 7.05 Å². The molecule has 1 saturated heterocycles. The van der Waals surface area contributed by atoms with Crippen molar-refractivity contribution in [3.63, 3.8) is 0 Å². The zero-order chi connectivity index (χ0) is 18.1. The molecule has 1 aliphatic heterocycles. The van der Waals surface area contributed by atoms with Gasteiger partial charge in [0.05, 0.1) is 17.3 Å². The molecule has 0 bridgehead atoms. The lowest BCUT2D eigenvalue weighted by Crippen LogP contribution is -2.46. The highest BCUT2D eigenvalue weighted by molar-refractivity contribution is 7.09. The molecule has 0 aliphatic carbocycles. The second-order valence-corrected chi connectivity index (χ2v) is 7.70. The Bertz CT molecular complexity index is 525. The van der Waals surface area contributed by atoms with E-state index >= 15 is 0 Å². The normalized spacial score (nSPS) is 18.3. The summed E-state index contributed by atoms with van der Waals surface area (Å²) in [5.74, 6) is 1.57. The molecular formula is C18H33N5OS. The molecule has 2 heterocycles. The Labute approximate surface area is 156 Å². The number of hydrogen-bond acceptors (Lipinski definition) is 5. The Kier molecular flexibility index (Phi) is 8.64. The van der Waals surface area contributed by atoms with Gasteiger partial charge in [0.1, 0.15) is 0 Å². The maximum absolute atomic E-state index is 5.16. The van der Waals surface area contributed by atoms with Crippen LogP contribution < -0.4 is 10.6 Å². The van der Waals surface area contributed by atoms with Crippen LogP contribution in [0.4, 0.5) is 0 Å². The molecule has 2 rings (SSSR count). The van der Waals surface area contributed by atoms with Gasteiger partial charge in [0, 0.05) is 38.7 Å². The van der Waals surface area contributed by atoms with E-state index in [1.165, 1.54) is 23.5 Å². The lowest BCUT2D eigenvalue weighted by Gasteiger charge is -2.32. The minimum Gasteiger partial charge on any atom is -0.383 e. The second-order valence-electron chi connectivity index (χ2n) is 6.76. The van der Waals surface area contributed by atoms with Crippen LogP contribution in [0.2, 0.25) is 0 Å². The van der Waals surface area contributed by atoms with Crippen molar-refractivity contribution >= 4 is 17.3 Å². The van der Waals surface area contributed by atoms with Crippen LogP contribution >= 0.6 is 11.3 Å². The third-order valence-electron chi connectivity index (χ3n) is 4.58. The number of thiazole rings is 1. The molecule has 25 heavy (non-hydrogen) atoms. The third-order valence-corrected chi connectivity index (χ3v) is 5.62. The Hall–Kier alpha value is -1.18. The summed E-state index contributed by atoms with van der Waals surface area (Å²) in [4.78, 5) is 11.5. The van der Waals surface area contributed by atoms with Gasteiger partial charge in [-0.1, -0.05) is 6.92 Å². The van der Waals surface area contributed by atoms with Gasteiger partial charge in [-0.25, -0.2) is 4.98 Å². The molecule has 0 aromatic carbocycles. The lowest BCUT2D eigenvalue weighted by molar-refractivity contribution is 0.174. The highest BCUT2D eigenvalue weighted by Gasteiger charge is 2.20. The van der Waals surface area contributed by atoms with E-state index in [1.54, 1.807) is 18.4 Å². The Morgan fingerprint density at radius 2 is 2.24 bits per heavy atom. The van der Waals surface area contributed by atoms with Crippen LogP contribution in [0.1, 0.15) is 37.4 Å². The van der Waals surface area contributed by atoms with Crippen molar-refractivity contribution in [2.24, 2.45) is 10.9 Å². The standard InChI is InChI=1S/C18H33N5OS/c1-5-17-22-16(13-25-17)11-23-8-6-15(7-9-23)10-20-18(19-3)21-14(2)12-24-4/h13-15H,5-12H2,1-4H3,(H2,19,20,21). The highest BCUT2D eigenvalue weighted by Crippen LogP contribution is 2.19. The fourth-order valence-corrected chi connectivity index (χ4v) is 3.86. The minimum absolute atomic E-state index is 0.254. The molecule has 1 aliphatic rings. The largest absolute Gasteiger partial charge is 0.383 e. The van der Waals surface area contributed by atoms with Crippen molar-refractivity contribution in [1.29, 1.82) is 0 Å². The van der Waals surface area contributed by atoms with Crippen molar-refractivity contribution in [1.82, 2.24) is 20.5 Å². The molecule has 1 fully saturated rings. The van der Waals surface area contributed by atoms with Crippen LogP contribution in [-0.4, -0.2) is 62.3 Å². The zero-order valence-electron chi connectivity index (χ0n) is 16.0. The molecular weight excluding hydrogens is 334 g/mol. The molecule has 0 saturated carbocycles. The van der Waals surface area contributed by atoms with E-state index < -0.39 is 0 Å². The summed E-state index contributed by atoms with van der Waals surface area (Å²) < 4.78 is 5.16. The summed E-state index contributed by atoms with van der Waals surface area (Å²) >= 11 is 1.78. The van der Waals surface area contributed by atoms with Crippen molar-refractivity contribution in [2.45, 2.75) is 45.7 Å². The molecule has 2 N–H and O–H groups in total. The summed E-state index contributed by atoms with van der Waals surface area (Å²) in [6.45, 7) is 9.21. The first-order valence-electron chi connectivity index (χ1n) is 9.26. The number of likely N-dealkylation sites (tertiary alicyclic amines) is 1. The molecule has 0 spiro atoms. The van der Waals surface area contributed by atoms with Gasteiger partial charge < -0.3 is 15.4 Å². The Morgan fingerprint density at radius 1 is 1.48 bits per heavy atom. The van der Waals surface area contributed by atoms with Gasteiger partial charge in [0.15, 0.2) is 5.96 Å². The molecule has 1 aromatic rings. The van der Waals surface area contributed by atoms with Crippen molar-refractivity contribution in [3.05, 3.63) is 16.1 Å². The number of hydrogen-bond donors (Lipinski definition) is 2. The Morgan fingerprint density at radius 3 is 2.84 bits per heavy atom. The number of rotatable bonds is 8. The van der Waals surface area contributed by atoms with Gasteiger partial charge >= 0.3 is 0 Å². The van der Waals surface area contributed by atoms with Gasteiger partial charge in [-0.05, 0) is 45.2 Å². The zero-order valence-corrected chi connectivity index (χ0v) is 16.9. The fraction of sp³-hybridized carbons (Fsp3) is 0.778. The number of aryl methyl sites for hydroxylation is 1. The Balaban J connectivity index is 1.67. The van der Waals surface area contributed by atoms with E-state index in [0.29, 0.717) is 12.5 Å². The second kappa shape index (κ2) is 10.7. The number of aliphatic imine (C=N–C) groups is 1. The average Bonchev–Trinajstić information content (AvgIpc) is 3.07. The number of nitrogens with zero attached hydrogens (tertiary/aromatic N) is 3. The SMILES string of the molecule is CCc1nc(CN2CCC(CNC(=NC)NC(C)COC)CC2)cs1. The van der Waals surface area contributed by atoms with Gasteiger partial charge in [-0.15, -0.1) is 11.3 Å². The number of guanidine groups is 1. The van der Waals surface area contributed by atoms with Crippen molar-refractivity contribution in [3.8, 4) is 0 Å². The fourth-order valence-electron chi connectivity index (χ4n) is 3.12. The van der Waals surface area contributed by atoms with Crippen molar-refractivity contribution < 1.29 is 4.74 Å². The predicted molar refractivity (Wildman–Crippen MR) is 105 cm³/mol. The summed E-state index contributed by atoms with van der Waals surface area (Å²) in [5, 5.41) is 10.3. The minimum atomic E-state index is 0.254. The molecule has 1 aromatic heterocycles. The summed E-state index contributed by atoms with van der Waals surface area (Å²) in [6, 6.07) is 0.254. The van der Waals surface area contributed by atoms with Crippen LogP contribution in [0.25, 0.3) is 0 Å². The molecule has 7 heteroatoms. The summed E-state index contributed by atoms with van der Waals surface area (Å²) in [6.07, 6.45) is 3.49. The van der Waals surface area contributed by atoms with Crippen molar-refractivity contribution in [2.75, 3.05) is 40.4 Å². The van der Waals surface area contributed by atoms with Crippen LogP contribution in [0.15, 0.2) is 10.4 Å². The van der Waals surface area contributed by atoms with E-state index in [4.69, 9.17) is 4.74 Å².